The first-order valence-corrected chi connectivity index (χ1v) is 8.23. The number of cyclic esters (lactones) is 1. The van der Waals surface area contributed by atoms with Gasteiger partial charge in [0.25, 0.3) is 0 Å². The van der Waals surface area contributed by atoms with Gasteiger partial charge in [0.05, 0.1) is 0 Å². The van der Waals surface area contributed by atoms with E-state index >= 15 is 0 Å². The van der Waals surface area contributed by atoms with Crippen molar-refractivity contribution in [3.05, 3.63) is 41.5 Å². The van der Waals surface area contributed by atoms with Crippen molar-refractivity contribution in [2.24, 2.45) is 0 Å². The zero-order chi connectivity index (χ0) is 17.4. The predicted molar refractivity (Wildman–Crippen MR) is 94.2 cm³/mol. The second-order valence-corrected chi connectivity index (χ2v) is 5.60. The van der Waals surface area contributed by atoms with Gasteiger partial charge in [-0.15, -0.1) is 0 Å². The maximum atomic E-state index is 12.3. The second kappa shape index (κ2) is 8.91. The van der Waals surface area contributed by atoms with E-state index in [4.69, 9.17) is 4.74 Å². The first kappa shape index (κ1) is 17.8. The number of rotatable bonds is 2. The number of hydrogen-bond acceptors (Lipinski definition) is 5. The number of esters is 1. The quantitative estimate of drug-likeness (QED) is 0.639. The van der Waals surface area contributed by atoms with Crippen LogP contribution in [0, 0.1) is 0 Å². The lowest BCUT2D eigenvalue weighted by atomic mass is 10.0. The standard InChI is InChI=1S/C19H23NO4/c1-2-20-15-12-14-8-4-3-5-9-16(21)10-6-7-11-24-19(23)18(14)17(22)13-15/h4,6-8,12-13,20,22H,2-3,5,9-11H2,1H3. The van der Waals surface area contributed by atoms with Gasteiger partial charge >= 0.3 is 5.97 Å². The Balaban J connectivity index is 2.33. The lowest BCUT2D eigenvalue weighted by molar-refractivity contribution is -0.118. The van der Waals surface area contributed by atoms with Crippen LogP contribution in [0.1, 0.15) is 48.5 Å². The fourth-order valence-electron chi connectivity index (χ4n) is 2.52. The van der Waals surface area contributed by atoms with Crippen molar-refractivity contribution in [2.75, 3.05) is 18.5 Å². The molecule has 0 bridgehead atoms. The highest BCUT2D eigenvalue weighted by atomic mass is 16.5. The number of allylic oxidation sites excluding steroid dienone is 2. The van der Waals surface area contributed by atoms with E-state index in [0.29, 0.717) is 24.9 Å². The number of anilines is 1. The van der Waals surface area contributed by atoms with Crippen LogP contribution in [-0.2, 0) is 9.53 Å². The molecule has 1 aliphatic heterocycles. The minimum Gasteiger partial charge on any atom is -0.507 e. The highest BCUT2D eigenvalue weighted by Gasteiger charge is 2.18. The first-order valence-electron chi connectivity index (χ1n) is 8.23. The molecule has 2 N–H and O–H groups in total. The van der Waals surface area contributed by atoms with Crippen LogP contribution in [0.4, 0.5) is 5.69 Å². The summed E-state index contributed by atoms with van der Waals surface area (Å²) in [4.78, 5) is 23.9. The van der Waals surface area contributed by atoms with E-state index in [-0.39, 0.29) is 23.7 Å². The molecule has 2 rings (SSSR count). The molecule has 0 aromatic heterocycles. The summed E-state index contributed by atoms with van der Waals surface area (Å²) in [5.74, 6) is -0.511. The fourth-order valence-corrected chi connectivity index (χ4v) is 2.52. The van der Waals surface area contributed by atoms with Crippen LogP contribution >= 0.6 is 0 Å². The number of carbonyl (C=O) groups excluding carboxylic acids is 2. The van der Waals surface area contributed by atoms with Gasteiger partial charge in [0.15, 0.2) is 0 Å². The molecule has 1 heterocycles. The average Bonchev–Trinajstić information content (AvgIpc) is 2.53. The van der Waals surface area contributed by atoms with Crippen LogP contribution in [0.5, 0.6) is 5.75 Å². The zero-order valence-electron chi connectivity index (χ0n) is 13.9. The molecule has 0 atom stereocenters. The normalized spacial score (nSPS) is 16.2. The number of benzene rings is 1. The number of fused-ring (bicyclic) bond motifs is 1. The summed E-state index contributed by atoms with van der Waals surface area (Å²) >= 11 is 0. The molecule has 5 nitrogen and oxygen atoms in total. The van der Waals surface area contributed by atoms with Crippen molar-refractivity contribution in [3.63, 3.8) is 0 Å². The predicted octanol–water partition coefficient (Wildman–Crippen LogP) is 3.69. The third kappa shape index (κ3) is 4.98. The Morgan fingerprint density at radius 1 is 1.21 bits per heavy atom. The maximum Gasteiger partial charge on any atom is 0.342 e. The average molecular weight is 329 g/mol. The summed E-state index contributed by atoms with van der Waals surface area (Å²) in [5.41, 5.74) is 1.50. The van der Waals surface area contributed by atoms with Crippen molar-refractivity contribution < 1.29 is 19.4 Å². The molecule has 0 fully saturated rings. The lowest BCUT2D eigenvalue weighted by Crippen LogP contribution is -2.09. The Bertz CT molecular complexity index is 662. The molecule has 0 amide bonds. The molecule has 5 heteroatoms. The molecular weight excluding hydrogens is 306 g/mol. The van der Waals surface area contributed by atoms with Crippen LogP contribution in [0.3, 0.4) is 0 Å². The van der Waals surface area contributed by atoms with E-state index in [1.807, 2.05) is 19.1 Å². The summed E-state index contributed by atoms with van der Waals surface area (Å²) in [7, 11) is 0. The third-order valence-corrected chi connectivity index (χ3v) is 3.68. The van der Waals surface area contributed by atoms with Crippen LogP contribution in [0.15, 0.2) is 30.4 Å². The van der Waals surface area contributed by atoms with Crippen molar-refractivity contribution in [3.8, 4) is 5.75 Å². The monoisotopic (exact) mass is 329 g/mol. The minimum atomic E-state index is -0.580. The number of hydrogen-bond donors (Lipinski definition) is 2. The zero-order valence-corrected chi connectivity index (χ0v) is 13.9. The number of carbonyl (C=O) groups is 2. The van der Waals surface area contributed by atoms with Crippen molar-refractivity contribution in [1.82, 2.24) is 0 Å². The second-order valence-electron chi connectivity index (χ2n) is 5.60. The number of phenolic OH excluding ortho intramolecular Hbond substituents is 1. The number of ether oxygens (including phenoxy) is 1. The molecule has 128 valence electrons. The van der Waals surface area contributed by atoms with E-state index in [0.717, 1.165) is 18.5 Å². The Hall–Kier alpha value is -2.56. The van der Waals surface area contributed by atoms with Gasteiger partial charge in [0.2, 0.25) is 0 Å². The van der Waals surface area contributed by atoms with Gasteiger partial charge in [0, 0.05) is 31.1 Å². The van der Waals surface area contributed by atoms with E-state index in [1.165, 1.54) is 6.07 Å². The minimum absolute atomic E-state index is 0.0731. The van der Waals surface area contributed by atoms with Gasteiger partial charge in [-0.3, -0.25) is 4.79 Å². The molecule has 0 saturated heterocycles. The molecule has 0 saturated carbocycles. The SMILES string of the molecule is CCNc1cc(O)c2c(c1)C=CCCCC(=O)CC=CCOC2=O. The fraction of sp³-hybridized carbons (Fsp3) is 0.368. The van der Waals surface area contributed by atoms with Crippen LogP contribution in [-0.4, -0.2) is 30.0 Å². The van der Waals surface area contributed by atoms with Crippen molar-refractivity contribution in [2.45, 2.75) is 32.6 Å². The smallest absolute Gasteiger partial charge is 0.342 e. The molecule has 1 aromatic rings. The Morgan fingerprint density at radius 3 is 2.83 bits per heavy atom. The van der Waals surface area contributed by atoms with Crippen LogP contribution < -0.4 is 5.32 Å². The molecule has 1 aromatic carbocycles. The molecule has 1 aliphatic rings. The number of phenols is 1. The third-order valence-electron chi connectivity index (χ3n) is 3.68. The summed E-state index contributed by atoms with van der Waals surface area (Å²) < 4.78 is 5.18. The summed E-state index contributed by atoms with van der Waals surface area (Å²) in [6.45, 7) is 2.74. The highest BCUT2D eigenvalue weighted by Crippen LogP contribution is 2.28. The summed E-state index contributed by atoms with van der Waals surface area (Å²) in [6, 6.07) is 3.33. The molecule has 0 aliphatic carbocycles. The number of Topliss-reactive ketones (excluding diaryl/α,β-unsaturated/α-hetero) is 1. The van der Waals surface area contributed by atoms with Gasteiger partial charge in [-0.25, -0.2) is 4.79 Å². The van der Waals surface area contributed by atoms with Gasteiger partial charge < -0.3 is 15.2 Å². The van der Waals surface area contributed by atoms with E-state index < -0.39 is 5.97 Å². The van der Waals surface area contributed by atoms with Gasteiger partial charge in [-0.2, -0.15) is 0 Å². The molecule has 0 spiro atoms. The van der Waals surface area contributed by atoms with Crippen LogP contribution in [0.25, 0.3) is 6.08 Å². The first-order chi connectivity index (χ1) is 11.6. The van der Waals surface area contributed by atoms with Crippen molar-refractivity contribution >= 4 is 23.5 Å². The summed E-state index contributed by atoms with van der Waals surface area (Å²) in [6.07, 6.45) is 9.46. The topological polar surface area (TPSA) is 75.6 Å². The van der Waals surface area contributed by atoms with Gasteiger partial charge in [-0.1, -0.05) is 24.3 Å². The van der Waals surface area contributed by atoms with Crippen molar-refractivity contribution in [1.29, 1.82) is 0 Å². The van der Waals surface area contributed by atoms with Crippen LogP contribution in [0.2, 0.25) is 0 Å². The van der Waals surface area contributed by atoms with E-state index in [2.05, 4.69) is 5.32 Å². The Kier molecular flexibility index (Phi) is 6.61. The number of aromatic hydroxyl groups is 1. The maximum absolute atomic E-state index is 12.3. The Morgan fingerprint density at radius 2 is 2.04 bits per heavy atom. The van der Waals surface area contributed by atoms with Gasteiger partial charge in [0.1, 0.15) is 23.7 Å². The lowest BCUT2D eigenvalue weighted by Gasteiger charge is -2.12. The van der Waals surface area contributed by atoms with E-state index in [9.17, 15) is 14.7 Å². The number of nitrogens with one attached hydrogen (secondary N) is 1. The largest absolute Gasteiger partial charge is 0.507 e. The Labute approximate surface area is 142 Å². The van der Waals surface area contributed by atoms with Gasteiger partial charge in [-0.05, 0) is 31.4 Å². The number of ketones is 1. The summed E-state index contributed by atoms with van der Waals surface area (Å²) in [5, 5.41) is 13.4. The van der Waals surface area contributed by atoms with E-state index in [1.54, 1.807) is 18.2 Å². The molecular formula is C19H23NO4. The molecule has 0 radical (unpaired) electrons. The molecule has 0 unspecified atom stereocenters. The highest BCUT2D eigenvalue weighted by molar-refractivity contribution is 5.97. The molecule has 24 heavy (non-hydrogen) atoms.